The summed E-state index contributed by atoms with van der Waals surface area (Å²) in [4.78, 5) is 13.5. The minimum absolute atomic E-state index is 0.0463. The van der Waals surface area contributed by atoms with Crippen molar-refractivity contribution in [2.75, 3.05) is 38.3 Å². The van der Waals surface area contributed by atoms with Crippen LogP contribution < -0.4 is 10.1 Å². The molecule has 3 aliphatic rings. The molecular formula is C32H44N2O10S2. The number of sulfone groups is 1. The first-order chi connectivity index (χ1) is 21.9. The lowest BCUT2D eigenvalue weighted by atomic mass is 9.82. The van der Waals surface area contributed by atoms with E-state index in [1.165, 1.54) is 23.5 Å². The summed E-state index contributed by atoms with van der Waals surface area (Å²) in [5.74, 6) is -0.471. The van der Waals surface area contributed by atoms with E-state index >= 15 is 0 Å². The van der Waals surface area contributed by atoms with Crippen LogP contribution in [0.2, 0.25) is 0 Å². The van der Waals surface area contributed by atoms with Crippen molar-refractivity contribution in [3.8, 4) is 5.75 Å². The number of nitrogens with zero attached hydrogens (tertiary/aromatic N) is 1. The molecule has 0 aromatic heterocycles. The van der Waals surface area contributed by atoms with Gasteiger partial charge in [-0.2, -0.15) is 4.31 Å². The fraction of sp³-hybridized carbons (Fsp3) is 0.594. The van der Waals surface area contributed by atoms with Crippen molar-refractivity contribution in [2.45, 2.75) is 68.6 Å². The fourth-order valence-corrected chi connectivity index (χ4v) is 10.0. The van der Waals surface area contributed by atoms with Gasteiger partial charge in [0.05, 0.1) is 41.8 Å². The number of hydrogen-bond donors (Lipinski definition) is 2. The molecule has 14 heteroatoms. The molecule has 2 aromatic carbocycles. The van der Waals surface area contributed by atoms with Gasteiger partial charge in [-0.05, 0) is 55.0 Å². The Balaban J connectivity index is 1.35. The molecule has 3 fully saturated rings. The van der Waals surface area contributed by atoms with Gasteiger partial charge in [0.1, 0.15) is 11.9 Å². The number of alkyl carbamates (subject to hydrolysis) is 1. The highest BCUT2D eigenvalue weighted by molar-refractivity contribution is 7.91. The number of nitrogens with one attached hydrogen (secondary N) is 1. The molecule has 0 spiro atoms. The minimum Gasteiger partial charge on any atom is -0.497 e. The molecule has 254 valence electrons. The van der Waals surface area contributed by atoms with Gasteiger partial charge in [-0.25, -0.2) is 21.6 Å². The number of benzene rings is 2. The van der Waals surface area contributed by atoms with E-state index in [0.29, 0.717) is 12.4 Å². The molecule has 3 aliphatic heterocycles. The normalized spacial score (nSPS) is 27.0. The van der Waals surface area contributed by atoms with Gasteiger partial charge >= 0.3 is 6.09 Å². The molecule has 0 saturated carbocycles. The quantitative estimate of drug-likeness (QED) is 0.342. The van der Waals surface area contributed by atoms with Crippen molar-refractivity contribution < 1.29 is 45.7 Å². The first-order valence-corrected chi connectivity index (χ1v) is 18.9. The number of carbonyl (C=O) groups excluding carboxylic acids is 1. The standard InChI is InChI=1S/C32H44N2O10S2/c1-21(2)17-34(46(39,40)24-13-11-23(41-3)12-14-24)18-27(35)26(16-22-8-5-4-6-9-22)33-32(36)44-29-20-45(37,38)19-28-30(29)25-10-7-15-42-31(25)43-28/h4-6,8-9,11-14,21,25-31,35H,7,10,15-20H2,1-3H3,(H,33,36)/t25?,26-,27+,28?,29?,30?,31?/m0/s1. The average Bonchev–Trinajstić information content (AvgIpc) is 3.38. The van der Waals surface area contributed by atoms with E-state index in [1.54, 1.807) is 12.1 Å². The zero-order chi connectivity index (χ0) is 33.1. The first kappa shape index (κ1) is 34.6. The topological polar surface area (TPSA) is 158 Å². The lowest BCUT2D eigenvalue weighted by Crippen LogP contribution is -2.54. The van der Waals surface area contributed by atoms with Gasteiger partial charge in [-0.1, -0.05) is 44.2 Å². The second-order valence-corrected chi connectivity index (χ2v) is 16.8. The lowest BCUT2D eigenvalue weighted by Gasteiger charge is -2.36. The summed E-state index contributed by atoms with van der Waals surface area (Å²) in [6, 6.07) is 14.2. The molecule has 5 rings (SSSR count). The Labute approximate surface area is 271 Å². The minimum atomic E-state index is -4.03. The second kappa shape index (κ2) is 14.6. The molecule has 7 atom stereocenters. The Bertz CT molecular complexity index is 1540. The Kier molecular flexibility index (Phi) is 11.0. The summed E-state index contributed by atoms with van der Waals surface area (Å²) in [6.07, 6.45) is -2.60. The van der Waals surface area contributed by atoms with Gasteiger partial charge in [0.2, 0.25) is 10.0 Å². The molecule has 5 unspecified atom stereocenters. The van der Waals surface area contributed by atoms with Crippen LogP contribution in [0, 0.1) is 17.8 Å². The number of ether oxygens (including phenoxy) is 4. The second-order valence-electron chi connectivity index (χ2n) is 12.7. The van der Waals surface area contributed by atoms with Crippen molar-refractivity contribution in [1.82, 2.24) is 9.62 Å². The Morgan fingerprint density at radius 1 is 1.09 bits per heavy atom. The number of rotatable bonds is 12. The third-order valence-corrected chi connectivity index (χ3v) is 12.3. The third-order valence-electron chi connectivity index (χ3n) is 8.79. The van der Waals surface area contributed by atoms with Crippen molar-refractivity contribution in [3.05, 3.63) is 60.2 Å². The van der Waals surface area contributed by atoms with Crippen molar-refractivity contribution in [3.63, 3.8) is 0 Å². The van der Waals surface area contributed by atoms with Crippen LogP contribution in [0.25, 0.3) is 0 Å². The Morgan fingerprint density at radius 2 is 1.80 bits per heavy atom. The van der Waals surface area contributed by atoms with Crippen LogP contribution in [-0.2, 0) is 40.5 Å². The SMILES string of the molecule is COc1ccc(S(=O)(=O)N(CC(C)C)C[C@@H](O)[C@H](Cc2ccccc2)NC(=O)OC2CS(=O)(=O)CC3OC4OCCCC4C23)cc1. The van der Waals surface area contributed by atoms with E-state index in [4.69, 9.17) is 18.9 Å². The van der Waals surface area contributed by atoms with E-state index < -0.39 is 56.6 Å². The Morgan fingerprint density at radius 3 is 2.48 bits per heavy atom. The number of methoxy groups -OCH3 is 1. The van der Waals surface area contributed by atoms with Crippen molar-refractivity contribution in [1.29, 1.82) is 0 Å². The molecule has 46 heavy (non-hydrogen) atoms. The molecular weight excluding hydrogens is 636 g/mol. The molecule has 0 radical (unpaired) electrons. The van der Waals surface area contributed by atoms with Gasteiger partial charge in [0.25, 0.3) is 0 Å². The summed E-state index contributed by atoms with van der Waals surface area (Å²) in [5, 5.41) is 14.3. The predicted molar refractivity (Wildman–Crippen MR) is 169 cm³/mol. The Hall–Kier alpha value is -2.75. The van der Waals surface area contributed by atoms with Crippen molar-refractivity contribution in [2.24, 2.45) is 17.8 Å². The lowest BCUT2D eigenvalue weighted by molar-refractivity contribution is -0.163. The maximum Gasteiger partial charge on any atom is 0.407 e. The molecule has 2 aromatic rings. The third kappa shape index (κ3) is 8.20. The van der Waals surface area contributed by atoms with E-state index in [-0.39, 0.29) is 53.7 Å². The number of aliphatic hydroxyl groups is 1. The summed E-state index contributed by atoms with van der Waals surface area (Å²) in [6.45, 7) is 4.10. The summed E-state index contributed by atoms with van der Waals surface area (Å²) >= 11 is 0. The van der Waals surface area contributed by atoms with Gasteiger partial charge in [0.15, 0.2) is 16.1 Å². The monoisotopic (exact) mass is 680 g/mol. The number of sulfonamides is 1. The number of amides is 1. The maximum absolute atomic E-state index is 13.7. The highest BCUT2D eigenvalue weighted by Gasteiger charge is 2.55. The van der Waals surface area contributed by atoms with Crippen molar-refractivity contribution >= 4 is 26.0 Å². The van der Waals surface area contributed by atoms with Crippen LogP contribution in [0.15, 0.2) is 59.5 Å². The molecule has 3 heterocycles. The molecule has 0 aliphatic carbocycles. The van der Waals surface area contributed by atoms with Gasteiger partial charge in [-0.3, -0.25) is 0 Å². The van der Waals surface area contributed by atoms with E-state index in [9.17, 15) is 26.7 Å². The molecule has 3 saturated heterocycles. The first-order valence-electron chi connectivity index (χ1n) is 15.7. The molecule has 2 N–H and O–H groups in total. The van der Waals surface area contributed by atoms with Gasteiger partial charge < -0.3 is 29.4 Å². The van der Waals surface area contributed by atoms with Crippen LogP contribution in [0.5, 0.6) is 5.75 Å². The zero-order valence-electron chi connectivity index (χ0n) is 26.4. The van der Waals surface area contributed by atoms with Gasteiger partial charge in [0, 0.05) is 31.5 Å². The molecule has 12 nitrogen and oxygen atoms in total. The van der Waals surface area contributed by atoms with E-state index in [0.717, 1.165) is 18.4 Å². The number of aliphatic hydroxyl groups excluding tert-OH is 1. The highest BCUT2D eigenvalue weighted by atomic mass is 32.2. The van der Waals surface area contributed by atoms with E-state index in [1.807, 2.05) is 44.2 Å². The highest BCUT2D eigenvalue weighted by Crippen LogP contribution is 2.44. The summed E-state index contributed by atoms with van der Waals surface area (Å²) in [5.41, 5.74) is 0.798. The van der Waals surface area contributed by atoms with E-state index in [2.05, 4.69) is 5.32 Å². The number of carbonyl (C=O) groups is 1. The zero-order valence-corrected chi connectivity index (χ0v) is 28.0. The van der Waals surface area contributed by atoms with Crippen LogP contribution in [0.3, 0.4) is 0 Å². The fourth-order valence-electron chi connectivity index (χ4n) is 6.67. The largest absolute Gasteiger partial charge is 0.497 e. The van der Waals surface area contributed by atoms with Crippen LogP contribution in [0.1, 0.15) is 32.3 Å². The smallest absolute Gasteiger partial charge is 0.407 e. The molecule has 1 amide bonds. The van der Waals surface area contributed by atoms with Crippen LogP contribution >= 0.6 is 0 Å². The molecule has 0 bridgehead atoms. The van der Waals surface area contributed by atoms with Crippen LogP contribution in [-0.4, -0.2) is 101 Å². The van der Waals surface area contributed by atoms with Crippen LogP contribution in [0.4, 0.5) is 4.79 Å². The predicted octanol–water partition coefficient (Wildman–Crippen LogP) is 2.61. The number of fused-ring (bicyclic) bond motifs is 3. The maximum atomic E-state index is 13.7. The average molecular weight is 681 g/mol. The van der Waals surface area contributed by atoms with Gasteiger partial charge in [-0.15, -0.1) is 0 Å². The summed E-state index contributed by atoms with van der Waals surface area (Å²) in [7, 11) is -6.10. The summed E-state index contributed by atoms with van der Waals surface area (Å²) < 4.78 is 76.9. The number of hydrogen-bond acceptors (Lipinski definition) is 10.